The number of allylic oxidation sites excluding steroid dienone is 4. The first-order chi connectivity index (χ1) is 17.5. The van der Waals surface area contributed by atoms with Gasteiger partial charge in [-0.2, -0.15) is 0 Å². The fourth-order valence-electron chi connectivity index (χ4n) is 3.24. The molecular formula is C30H52O5Si3. The number of methoxy groups -OCH3 is 1. The maximum Gasteiger partial charge on any atom is 0.305 e. The normalized spacial score (nSPS) is 15.1. The van der Waals surface area contributed by atoms with Crippen LogP contribution in [0.5, 0.6) is 0 Å². The molecule has 0 aromatic carbocycles. The molecule has 0 N–H and O–H groups in total. The molecule has 0 aliphatic heterocycles. The third-order valence-corrected chi connectivity index (χ3v) is 7.65. The maximum absolute atomic E-state index is 11.4. The summed E-state index contributed by atoms with van der Waals surface area (Å²) in [5.41, 5.74) is 0. The Kier molecular flexibility index (Phi) is 17.8. The largest absolute Gasteiger partial charge is 0.469 e. The van der Waals surface area contributed by atoms with E-state index in [1.165, 1.54) is 7.11 Å². The standard InChI is InChI=1S/C30H52O5Si3/c1-12-27(33-36(3,4)5)21-18-15-19-24-28(34-37(6,7)8)22-16-13-14-17-23-29(35-38(9,10)11)25-20-26-30(31)32-2/h13-14,16,18,21-22,27-29H,12,20,24-26H2,1-11H3/b14-13+,21-18+,22-16+/t27-,28+,29-/m1/s1. The molecule has 0 amide bonds. The van der Waals surface area contributed by atoms with Gasteiger partial charge in [0.05, 0.1) is 19.3 Å². The van der Waals surface area contributed by atoms with Gasteiger partial charge in [-0.3, -0.25) is 4.79 Å². The van der Waals surface area contributed by atoms with Crippen LogP contribution in [0.4, 0.5) is 0 Å². The zero-order valence-corrected chi connectivity index (χ0v) is 28.8. The summed E-state index contributed by atoms with van der Waals surface area (Å²) in [5, 5.41) is 0. The van der Waals surface area contributed by atoms with Crippen molar-refractivity contribution in [2.45, 2.75) is 116 Å². The Balaban J connectivity index is 5.16. The van der Waals surface area contributed by atoms with Crippen LogP contribution in [-0.2, 0) is 22.8 Å². The molecule has 0 heterocycles. The van der Waals surface area contributed by atoms with E-state index in [0.717, 1.165) is 6.42 Å². The Hall–Kier alpha value is -1.66. The molecule has 0 radical (unpaired) electrons. The summed E-state index contributed by atoms with van der Waals surface area (Å²) in [5.74, 6) is 12.5. The minimum absolute atomic E-state index is 0.0679. The zero-order valence-electron chi connectivity index (χ0n) is 25.8. The van der Waals surface area contributed by atoms with Crippen molar-refractivity contribution in [3.8, 4) is 23.7 Å². The van der Waals surface area contributed by atoms with E-state index in [4.69, 9.17) is 18.0 Å². The summed E-state index contributed by atoms with van der Waals surface area (Å²) in [6.07, 6.45) is 14.9. The van der Waals surface area contributed by atoms with Gasteiger partial charge in [0, 0.05) is 12.8 Å². The second-order valence-corrected chi connectivity index (χ2v) is 25.4. The molecular weight excluding hydrogens is 525 g/mol. The minimum Gasteiger partial charge on any atom is -0.469 e. The number of carbonyl (C=O) groups is 1. The third kappa shape index (κ3) is 23.5. The molecule has 0 aromatic heterocycles. The van der Waals surface area contributed by atoms with Crippen LogP contribution in [0.15, 0.2) is 36.5 Å². The van der Waals surface area contributed by atoms with E-state index in [9.17, 15) is 4.79 Å². The molecule has 0 fully saturated rings. The topological polar surface area (TPSA) is 54.0 Å². The van der Waals surface area contributed by atoms with E-state index < -0.39 is 25.0 Å². The fourth-order valence-corrected chi connectivity index (χ4v) is 6.50. The van der Waals surface area contributed by atoms with Crippen LogP contribution in [0, 0.1) is 23.7 Å². The van der Waals surface area contributed by atoms with Gasteiger partial charge in [-0.1, -0.05) is 48.8 Å². The molecule has 0 spiro atoms. The van der Waals surface area contributed by atoms with Gasteiger partial charge < -0.3 is 18.0 Å². The summed E-state index contributed by atoms with van der Waals surface area (Å²) in [7, 11) is -3.64. The quantitative estimate of drug-likeness (QED) is 0.0876. The van der Waals surface area contributed by atoms with Crippen molar-refractivity contribution in [2.75, 3.05) is 7.11 Å². The van der Waals surface area contributed by atoms with Gasteiger partial charge in [-0.15, -0.1) is 0 Å². The molecule has 0 bridgehead atoms. The highest BCUT2D eigenvalue weighted by molar-refractivity contribution is 6.70. The Morgan fingerprint density at radius 3 is 1.95 bits per heavy atom. The van der Waals surface area contributed by atoms with Crippen molar-refractivity contribution in [3.63, 3.8) is 0 Å². The van der Waals surface area contributed by atoms with E-state index in [-0.39, 0.29) is 24.3 Å². The number of hydrogen-bond acceptors (Lipinski definition) is 5. The summed E-state index contributed by atoms with van der Waals surface area (Å²) in [4.78, 5) is 11.4. The highest BCUT2D eigenvalue weighted by Gasteiger charge is 2.20. The molecule has 0 aromatic rings. The predicted octanol–water partition coefficient (Wildman–Crippen LogP) is 7.47. The Morgan fingerprint density at radius 2 is 1.39 bits per heavy atom. The smallest absolute Gasteiger partial charge is 0.305 e. The molecule has 3 atom stereocenters. The Labute approximate surface area is 236 Å². The third-order valence-electron chi connectivity index (χ3n) is 4.64. The molecule has 0 saturated carbocycles. The lowest BCUT2D eigenvalue weighted by Crippen LogP contribution is -2.31. The molecule has 5 nitrogen and oxygen atoms in total. The highest BCUT2D eigenvalue weighted by Crippen LogP contribution is 2.14. The lowest BCUT2D eigenvalue weighted by atomic mass is 10.1. The molecule has 0 aliphatic rings. The Morgan fingerprint density at radius 1 is 0.789 bits per heavy atom. The lowest BCUT2D eigenvalue weighted by Gasteiger charge is -2.23. The van der Waals surface area contributed by atoms with Crippen LogP contribution in [0.3, 0.4) is 0 Å². The first-order valence-electron chi connectivity index (χ1n) is 13.6. The van der Waals surface area contributed by atoms with Crippen molar-refractivity contribution in [1.29, 1.82) is 0 Å². The number of esters is 1. The van der Waals surface area contributed by atoms with Gasteiger partial charge in [0.15, 0.2) is 25.0 Å². The van der Waals surface area contributed by atoms with Crippen LogP contribution in [-0.4, -0.2) is 56.3 Å². The molecule has 8 heteroatoms. The van der Waals surface area contributed by atoms with Crippen molar-refractivity contribution >= 4 is 30.9 Å². The van der Waals surface area contributed by atoms with Gasteiger partial charge in [0.25, 0.3) is 0 Å². The fraction of sp³-hybridized carbons (Fsp3) is 0.633. The van der Waals surface area contributed by atoms with Crippen LogP contribution < -0.4 is 0 Å². The SMILES string of the molecule is CC[C@H](/C=C/C#CC[C@H](/C=C/C=C/C#C[C@H](CCCC(=O)OC)O[Si](C)(C)C)O[Si](C)(C)C)O[Si](C)(C)C. The number of ether oxygens (including phenoxy) is 1. The number of rotatable bonds is 15. The summed E-state index contributed by atoms with van der Waals surface area (Å²) in [6.45, 7) is 21.7. The van der Waals surface area contributed by atoms with Crippen LogP contribution in [0.1, 0.15) is 39.0 Å². The molecule has 214 valence electrons. The van der Waals surface area contributed by atoms with Gasteiger partial charge in [-0.05, 0) is 96.4 Å². The van der Waals surface area contributed by atoms with E-state index in [2.05, 4.69) is 95.6 Å². The molecule has 0 saturated heterocycles. The Bertz CT molecular complexity index is 897. The van der Waals surface area contributed by atoms with Crippen LogP contribution >= 0.6 is 0 Å². The lowest BCUT2D eigenvalue weighted by molar-refractivity contribution is -0.140. The van der Waals surface area contributed by atoms with Gasteiger partial charge in [0.2, 0.25) is 0 Å². The van der Waals surface area contributed by atoms with Crippen molar-refractivity contribution in [2.24, 2.45) is 0 Å². The first kappa shape index (κ1) is 36.3. The molecule has 38 heavy (non-hydrogen) atoms. The van der Waals surface area contributed by atoms with E-state index in [0.29, 0.717) is 25.7 Å². The zero-order chi connectivity index (χ0) is 29.2. The predicted molar refractivity (Wildman–Crippen MR) is 168 cm³/mol. The second kappa shape index (κ2) is 18.6. The van der Waals surface area contributed by atoms with Crippen LogP contribution in [0.25, 0.3) is 0 Å². The average molecular weight is 577 g/mol. The summed E-state index contributed by atoms with van der Waals surface area (Å²) in [6, 6.07) is 0. The molecule has 0 unspecified atom stereocenters. The maximum atomic E-state index is 11.4. The minimum atomic E-state index is -1.75. The van der Waals surface area contributed by atoms with Crippen molar-refractivity contribution < 1.29 is 22.8 Å². The van der Waals surface area contributed by atoms with Gasteiger partial charge in [-0.25, -0.2) is 0 Å². The van der Waals surface area contributed by atoms with Crippen LogP contribution in [0.2, 0.25) is 58.9 Å². The summed E-state index contributed by atoms with van der Waals surface area (Å²) < 4.78 is 23.4. The van der Waals surface area contributed by atoms with Crippen molar-refractivity contribution in [1.82, 2.24) is 0 Å². The van der Waals surface area contributed by atoms with Gasteiger partial charge >= 0.3 is 5.97 Å². The van der Waals surface area contributed by atoms with Gasteiger partial charge in [0.1, 0.15) is 6.10 Å². The second-order valence-electron chi connectivity index (χ2n) is 12.0. The molecule has 0 rings (SSSR count). The average Bonchev–Trinajstić information content (AvgIpc) is 2.76. The van der Waals surface area contributed by atoms with E-state index in [1.54, 1.807) is 0 Å². The first-order valence-corrected chi connectivity index (χ1v) is 23.9. The number of hydrogen-bond donors (Lipinski definition) is 0. The molecule has 0 aliphatic carbocycles. The monoisotopic (exact) mass is 576 g/mol. The van der Waals surface area contributed by atoms with E-state index >= 15 is 0 Å². The van der Waals surface area contributed by atoms with E-state index in [1.807, 2.05) is 30.4 Å². The summed E-state index contributed by atoms with van der Waals surface area (Å²) >= 11 is 0. The highest BCUT2D eigenvalue weighted by atomic mass is 28.4. The number of carbonyl (C=O) groups excluding carboxylic acids is 1. The van der Waals surface area contributed by atoms with Crippen molar-refractivity contribution in [3.05, 3.63) is 36.5 Å².